The highest BCUT2D eigenvalue weighted by atomic mass is 32.2. The second kappa shape index (κ2) is 10.8. The van der Waals surface area contributed by atoms with Gasteiger partial charge in [0.2, 0.25) is 0 Å². The Morgan fingerprint density at radius 2 is 1.89 bits per heavy atom. The summed E-state index contributed by atoms with van der Waals surface area (Å²) < 4.78 is 0. The van der Waals surface area contributed by atoms with Gasteiger partial charge >= 0.3 is 0 Å². The first-order valence-corrected chi connectivity index (χ1v) is 12.8. The fraction of sp³-hybridized carbons (Fsp3) is 0.296. The minimum atomic E-state index is -0.100. The predicted molar refractivity (Wildman–Crippen MR) is 144 cm³/mol. The van der Waals surface area contributed by atoms with Crippen LogP contribution < -0.4 is 10.6 Å². The summed E-state index contributed by atoms with van der Waals surface area (Å²) in [5.41, 5.74) is 6.26. The second-order valence-electron chi connectivity index (χ2n) is 8.55. The molecule has 180 valence electrons. The van der Waals surface area contributed by atoms with Crippen molar-refractivity contribution in [2.75, 3.05) is 25.2 Å². The zero-order chi connectivity index (χ0) is 24.9. The van der Waals surface area contributed by atoms with Crippen LogP contribution in [0.15, 0.2) is 55.0 Å². The number of thioether (sulfide) groups is 1. The van der Waals surface area contributed by atoms with E-state index in [0.717, 1.165) is 51.5 Å². The summed E-state index contributed by atoms with van der Waals surface area (Å²) in [6, 6.07) is 13.9. The monoisotopic (exact) mass is 486 g/mol. The Bertz CT molecular complexity index is 1340. The Hall–Kier alpha value is -3.52. The maximum Gasteiger partial charge on any atom is 0.251 e. The first-order valence-electron chi connectivity index (χ1n) is 11.5. The number of para-hydroxylation sites is 1. The van der Waals surface area contributed by atoms with E-state index in [1.54, 1.807) is 25.1 Å². The van der Waals surface area contributed by atoms with E-state index < -0.39 is 0 Å². The number of rotatable bonds is 8. The van der Waals surface area contributed by atoms with Crippen molar-refractivity contribution in [1.82, 2.24) is 25.3 Å². The highest BCUT2D eigenvalue weighted by Gasteiger charge is 2.22. The van der Waals surface area contributed by atoms with Gasteiger partial charge in [-0.25, -0.2) is 9.97 Å². The molecule has 0 aliphatic carbocycles. The number of carbonyl (C=O) groups excluding carboxylic acids is 1. The average Bonchev–Trinajstić information content (AvgIpc) is 2.88. The maximum absolute atomic E-state index is 12.5. The molecule has 3 aromatic heterocycles. The number of carbonyl (C=O) groups is 1. The normalized spacial score (nSPS) is 12.8. The van der Waals surface area contributed by atoms with Gasteiger partial charge in [-0.15, -0.1) is 0 Å². The summed E-state index contributed by atoms with van der Waals surface area (Å²) in [4.78, 5) is 30.5. The molecular weight excluding hydrogens is 456 g/mol. The van der Waals surface area contributed by atoms with E-state index in [1.165, 1.54) is 0 Å². The Kier molecular flexibility index (Phi) is 7.60. The molecule has 0 aliphatic rings. The molecule has 7 nitrogen and oxygen atoms in total. The van der Waals surface area contributed by atoms with Gasteiger partial charge in [-0.1, -0.05) is 25.1 Å². The standard InChI is InChI=1S/C27H30N6OS/c1-16-9-10-19(13-29-16)23-12-25(32-15-31-23)30-14-24(35-5)18(3)20-7-6-8-21-22(27(34)28-4)11-17(2)33-26(20)21/h6-13,15,18,24H,14H2,1-5H3,(H,28,34)(H,30,31,32). The summed E-state index contributed by atoms with van der Waals surface area (Å²) in [6.07, 6.45) is 5.52. The third kappa shape index (κ3) is 5.43. The van der Waals surface area contributed by atoms with Crippen molar-refractivity contribution in [3.05, 3.63) is 77.5 Å². The van der Waals surface area contributed by atoms with E-state index in [4.69, 9.17) is 4.98 Å². The number of anilines is 1. The van der Waals surface area contributed by atoms with Crippen LogP contribution in [0, 0.1) is 13.8 Å². The van der Waals surface area contributed by atoms with Crippen LogP contribution in [0.4, 0.5) is 5.82 Å². The first kappa shape index (κ1) is 24.6. The summed E-state index contributed by atoms with van der Waals surface area (Å²) in [7, 11) is 1.65. The van der Waals surface area contributed by atoms with Crippen LogP contribution >= 0.6 is 11.8 Å². The Morgan fingerprint density at radius 3 is 2.60 bits per heavy atom. The third-order valence-electron chi connectivity index (χ3n) is 6.18. The van der Waals surface area contributed by atoms with Crippen molar-refractivity contribution >= 4 is 34.4 Å². The zero-order valence-corrected chi connectivity index (χ0v) is 21.5. The van der Waals surface area contributed by atoms with E-state index >= 15 is 0 Å². The van der Waals surface area contributed by atoms with Crippen molar-refractivity contribution in [1.29, 1.82) is 0 Å². The molecule has 0 aliphatic heterocycles. The Labute approximate surface area is 210 Å². The van der Waals surface area contributed by atoms with Gasteiger partial charge in [0.15, 0.2) is 0 Å². The van der Waals surface area contributed by atoms with Crippen LogP contribution in [0.5, 0.6) is 0 Å². The fourth-order valence-corrected chi connectivity index (χ4v) is 4.99. The lowest BCUT2D eigenvalue weighted by Crippen LogP contribution is -2.23. The predicted octanol–water partition coefficient (Wildman–Crippen LogP) is 5.01. The van der Waals surface area contributed by atoms with Crippen molar-refractivity contribution < 1.29 is 4.79 Å². The van der Waals surface area contributed by atoms with Gasteiger partial charge in [-0.05, 0) is 49.8 Å². The topological polar surface area (TPSA) is 92.7 Å². The van der Waals surface area contributed by atoms with E-state index in [2.05, 4.69) is 44.8 Å². The number of benzene rings is 1. The third-order valence-corrected chi connectivity index (χ3v) is 7.36. The number of aromatic nitrogens is 4. The molecule has 1 amide bonds. The molecular formula is C27H30N6OS. The van der Waals surface area contributed by atoms with Crippen LogP contribution in [-0.2, 0) is 0 Å². The summed E-state index contributed by atoms with van der Waals surface area (Å²) >= 11 is 1.80. The van der Waals surface area contributed by atoms with E-state index in [1.807, 2.05) is 56.4 Å². The number of amides is 1. The lowest BCUT2D eigenvalue weighted by molar-refractivity contribution is 0.0964. The van der Waals surface area contributed by atoms with Gasteiger partial charge in [-0.3, -0.25) is 14.8 Å². The molecule has 0 fully saturated rings. The highest BCUT2D eigenvalue weighted by molar-refractivity contribution is 7.99. The Morgan fingerprint density at radius 1 is 1.06 bits per heavy atom. The molecule has 2 atom stereocenters. The smallest absolute Gasteiger partial charge is 0.251 e. The van der Waals surface area contributed by atoms with Gasteiger partial charge in [-0.2, -0.15) is 11.8 Å². The first-order chi connectivity index (χ1) is 16.9. The number of hydrogen-bond donors (Lipinski definition) is 2. The number of nitrogens with zero attached hydrogens (tertiary/aromatic N) is 4. The number of aryl methyl sites for hydroxylation is 2. The fourth-order valence-electron chi connectivity index (χ4n) is 4.19. The minimum Gasteiger partial charge on any atom is -0.369 e. The SMILES string of the molecule is CNC(=O)c1cc(C)nc2c(C(C)C(CNc3cc(-c4ccc(C)nc4)ncn3)SC)cccc12. The van der Waals surface area contributed by atoms with Gasteiger partial charge < -0.3 is 10.6 Å². The van der Waals surface area contributed by atoms with Crippen molar-refractivity contribution in [2.24, 2.45) is 0 Å². The molecule has 0 saturated heterocycles. The largest absolute Gasteiger partial charge is 0.369 e. The van der Waals surface area contributed by atoms with E-state index in [9.17, 15) is 4.79 Å². The molecule has 35 heavy (non-hydrogen) atoms. The molecule has 2 N–H and O–H groups in total. The molecule has 0 spiro atoms. The van der Waals surface area contributed by atoms with Gasteiger partial charge in [0.1, 0.15) is 12.1 Å². The van der Waals surface area contributed by atoms with Gasteiger partial charge in [0, 0.05) is 53.4 Å². The van der Waals surface area contributed by atoms with Crippen molar-refractivity contribution in [3.8, 4) is 11.3 Å². The molecule has 2 unspecified atom stereocenters. The molecule has 0 saturated carbocycles. The number of hydrogen-bond acceptors (Lipinski definition) is 7. The lowest BCUT2D eigenvalue weighted by Gasteiger charge is -2.24. The zero-order valence-electron chi connectivity index (χ0n) is 20.7. The van der Waals surface area contributed by atoms with Crippen LogP contribution in [-0.4, -0.2) is 50.9 Å². The molecule has 4 rings (SSSR count). The minimum absolute atomic E-state index is 0.100. The number of pyridine rings is 2. The molecule has 8 heteroatoms. The molecule has 4 aromatic rings. The van der Waals surface area contributed by atoms with Gasteiger partial charge in [0.05, 0.1) is 16.8 Å². The quantitative estimate of drug-likeness (QED) is 0.362. The molecule has 0 bridgehead atoms. The molecule has 3 heterocycles. The molecule has 1 aromatic carbocycles. The highest BCUT2D eigenvalue weighted by Crippen LogP contribution is 2.33. The number of fused-ring (bicyclic) bond motifs is 1. The van der Waals surface area contributed by atoms with Crippen molar-refractivity contribution in [2.45, 2.75) is 31.9 Å². The van der Waals surface area contributed by atoms with Gasteiger partial charge in [0.25, 0.3) is 5.91 Å². The summed E-state index contributed by atoms with van der Waals surface area (Å²) in [6.45, 7) is 6.82. The maximum atomic E-state index is 12.5. The van der Waals surface area contributed by atoms with E-state index in [-0.39, 0.29) is 17.1 Å². The average molecular weight is 487 g/mol. The summed E-state index contributed by atoms with van der Waals surface area (Å²) in [5, 5.41) is 7.36. The van der Waals surface area contributed by atoms with Crippen molar-refractivity contribution in [3.63, 3.8) is 0 Å². The van der Waals surface area contributed by atoms with Crippen LogP contribution in [0.25, 0.3) is 22.2 Å². The summed E-state index contributed by atoms with van der Waals surface area (Å²) in [5.74, 6) is 0.864. The van der Waals surface area contributed by atoms with Crippen LogP contribution in [0.2, 0.25) is 0 Å². The second-order valence-corrected chi connectivity index (χ2v) is 9.63. The molecule has 0 radical (unpaired) electrons. The lowest BCUT2D eigenvalue weighted by atomic mass is 9.93. The van der Waals surface area contributed by atoms with Crippen LogP contribution in [0.3, 0.4) is 0 Å². The number of nitrogens with one attached hydrogen (secondary N) is 2. The van der Waals surface area contributed by atoms with E-state index in [0.29, 0.717) is 5.56 Å². The van der Waals surface area contributed by atoms with Crippen LogP contribution in [0.1, 0.15) is 40.2 Å². The Balaban J connectivity index is 1.57.